The molecule has 1 aromatic carbocycles. The average molecular weight is 334 g/mol. The van der Waals surface area contributed by atoms with Gasteiger partial charge >= 0.3 is 5.69 Å². The molecule has 20 heavy (non-hydrogen) atoms. The van der Waals surface area contributed by atoms with Gasteiger partial charge in [0, 0.05) is 17.2 Å². The topological polar surface area (TPSA) is 67.8 Å². The molecule has 0 N–H and O–H groups in total. The van der Waals surface area contributed by atoms with Gasteiger partial charge in [-0.25, -0.2) is 4.79 Å². The van der Waals surface area contributed by atoms with E-state index in [0.29, 0.717) is 6.54 Å². The van der Waals surface area contributed by atoms with Gasteiger partial charge in [-0.05, 0) is 24.6 Å². The SMILES string of the molecule is CCn1cc(C#N)c(=O)n(Cc2ccc(Br)cc2)c1=O. The van der Waals surface area contributed by atoms with Gasteiger partial charge in [0.1, 0.15) is 11.6 Å². The largest absolute Gasteiger partial charge is 0.331 e. The fourth-order valence-electron chi connectivity index (χ4n) is 1.87. The summed E-state index contributed by atoms with van der Waals surface area (Å²) < 4.78 is 3.37. The van der Waals surface area contributed by atoms with E-state index >= 15 is 0 Å². The Morgan fingerprint density at radius 3 is 2.45 bits per heavy atom. The van der Waals surface area contributed by atoms with Crippen LogP contribution >= 0.6 is 15.9 Å². The zero-order valence-electron chi connectivity index (χ0n) is 10.8. The maximum atomic E-state index is 12.2. The molecule has 0 atom stereocenters. The second kappa shape index (κ2) is 5.88. The van der Waals surface area contributed by atoms with Crippen molar-refractivity contribution < 1.29 is 0 Å². The van der Waals surface area contributed by atoms with Crippen LogP contribution in [0.4, 0.5) is 0 Å². The average Bonchev–Trinajstić information content (AvgIpc) is 2.46. The number of nitrogens with zero attached hydrogens (tertiary/aromatic N) is 3. The van der Waals surface area contributed by atoms with Crippen molar-refractivity contribution in [2.24, 2.45) is 0 Å². The monoisotopic (exact) mass is 333 g/mol. The second-order valence-electron chi connectivity index (χ2n) is 4.24. The van der Waals surface area contributed by atoms with Crippen LogP contribution in [0.15, 0.2) is 44.5 Å². The zero-order valence-corrected chi connectivity index (χ0v) is 12.4. The number of hydrogen-bond donors (Lipinski definition) is 0. The number of aryl methyl sites for hydroxylation is 1. The lowest BCUT2D eigenvalue weighted by Crippen LogP contribution is -2.40. The van der Waals surface area contributed by atoms with Crippen molar-refractivity contribution in [2.45, 2.75) is 20.0 Å². The molecule has 6 heteroatoms. The van der Waals surface area contributed by atoms with Crippen molar-refractivity contribution in [3.8, 4) is 6.07 Å². The zero-order chi connectivity index (χ0) is 14.7. The molecule has 2 rings (SSSR count). The van der Waals surface area contributed by atoms with Gasteiger partial charge in [-0.1, -0.05) is 28.1 Å². The second-order valence-corrected chi connectivity index (χ2v) is 5.16. The summed E-state index contributed by atoms with van der Waals surface area (Å²) in [5.41, 5.74) is -0.154. The summed E-state index contributed by atoms with van der Waals surface area (Å²) in [4.78, 5) is 24.2. The molecule has 0 unspecified atom stereocenters. The molecule has 0 aliphatic carbocycles. The number of rotatable bonds is 3. The van der Waals surface area contributed by atoms with Crippen molar-refractivity contribution in [2.75, 3.05) is 0 Å². The predicted molar refractivity (Wildman–Crippen MR) is 78.6 cm³/mol. The van der Waals surface area contributed by atoms with Crippen molar-refractivity contribution >= 4 is 15.9 Å². The van der Waals surface area contributed by atoms with Crippen LogP contribution < -0.4 is 11.2 Å². The number of benzene rings is 1. The number of hydrogen-bond acceptors (Lipinski definition) is 3. The molecule has 0 aliphatic rings. The summed E-state index contributed by atoms with van der Waals surface area (Å²) in [6, 6.07) is 9.16. The van der Waals surface area contributed by atoms with E-state index in [0.717, 1.165) is 14.6 Å². The molecule has 102 valence electrons. The van der Waals surface area contributed by atoms with Crippen LogP contribution in [-0.2, 0) is 13.1 Å². The lowest BCUT2D eigenvalue weighted by atomic mass is 10.2. The number of aromatic nitrogens is 2. The maximum Gasteiger partial charge on any atom is 0.331 e. The van der Waals surface area contributed by atoms with Crippen molar-refractivity contribution in [1.82, 2.24) is 9.13 Å². The minimum atomic E-state index is -0.551. The normalized spacial score (nSPS) is 10.2. The highest BCUT2D eigenvalue weighted by atomic mass is 79.9. The van der Waals surface area contributed by atoms with Gasteiger partial charge in [0.05, 0.1) is 6.54 Å². The van der Waals surface area contributed by atoms with Gasteiger partial charge in [0.2, 0.25) is 0 Å². The minimum Gasteiger partial charge on any atom is -0.299 e. The van der Waals surface area contributed by atoms with E-state index in [9.17, 15) is 9.59 Å². The molecular formula is C14H12BrN3O2. The highest BCUT2D eigenvalue weighted by Gasteiger charge is 2.10. The first-order valence-electron chi connectivity index (χ1n) is 6.05. The summed E-state index contributed by atoms with van der Waals surface area (Å²) >= 11 is 3.33. The van der Waals surface area contributed by atoms with Gasteiger partial charge in [0.25, 0.3) is 5.56 Å². The van der Waals surface area contributed by atoms with E-state index in [1.807, 2.05) is 30.3 Å². The Bertz CT molecular complexity index is 782. The molecule has 2 aromatic rings. The maximum absolute atomic E-state index is 12.2. The molecule has 0 fully saturated rings. The Morgan fingerprint density at radius 1 is 1.25 bits per heavy atom. The standard InChI is InChI=1S/C14H12BrN3O2/c1-2-17-9-11(7-16)13(19)18(14(17)20)8-10-3-5-12(15)6-4-10/h3-6,9H,2,8H2,1H3. The van der Waals surface area contributed by atoms with E-state index in [1.54, 1.807) is 6.92 Å². The fourth-order valence-corrected chi connectivity index (χ4v) is 2.13. The molecule has 1 aromatic heterocycles. The van der Waals surface area contributed by atoms with Crippen LogP contribution in [0.5, 0.6) is 0 Å². The van der Waals surface area contributed by atoms with E-state index < -0.39 is 11.2 Å². The third-order valence-corrected chi connectivity index (χ3v) is 3.48. The lowest BCUT2D eigenvalue weighted by molar-refractivity contribution is 0.597. The summed E-state index contributed by atoms with van der Waals surface area (Å²) in [5.74, 6) is 0. The van der Waals surface area contributed by atoms with Crippen LogP contribution in [0.2, 0.25) is 0 Å². The van der Waals surface area contributed by atoms with Crippen LogP contribution in [0, 0.1) is 11.3 Å². The molecule has 0 bridgehead atoms. The first-order chi connectivity index (χ1) is 9.56. The van der Waals surface area contributed by atoms with Crippen molar-refractivity contribution in [3.63, 3.8) is 0 Å². The first-order valence-corrected chi connectivity index (χ1v) is 6.85. The highest BCUT2D eigenvalue weighted by molar-refractivity contribution is 9.10. The van der Waals surface area contributed by atoms with Crippen LogP contribution in [-0.4, -0.2) is 9.13 Å². The molecule has 0 saturated carbocycles. The molecule has 0 aliphatic heterocycles. The first kappa shape index (κ1) is 14.3. The third-order valence-electron chi connectivity index (χ3n) is 2.95. The molecule has 0 spiro atoms. The molecular weight excluding hydrogens is 322 g/mol. The Kier molecular flexibility index (Phi) is 4.20. The van der Waals surface area contributed by atoms with Gasteiger partial charge in [-0.2, -0.15) is 5.26 Å². The number of nitriles is 1. The van der Waals surface area contributed by atoms with Crippen LogP contribution in [0.3, 0.4) is 0 Å². The molecule has 0 radical (unpaired) electrons. The molecule has 0 saturated heterocycles. The lowest BCUT2D eigenvalue weighted by Gasteiger charge is -2.09. The Morgan fingerprint density at radius 2 is 1.90 bits per heavy atom. The fraction of sp³-hybridized carbons (Fsp3) is 0.214. The summed E-state index contributed by atoms with van der Waals surface area (Å²) in [7, 11) is 0. The molecule has 0 amide bonds. The Labute approximate surface area is 123 Å². The Hall–Kier alpha value is -2.13. The minimum absolute atomic E-state index is 0.0245. The Balaban J connectivity index is 2.56. The molecule has 1 heterocycles. The van der Waals surface area contributed by atoms with Crippen LogP contribution in [0.1, 0.15) is 18.1 Å². The summed E-state index contributed by atoms with van der Waals surface area (Å²) in [6.07, 6.45) is 1.31. The number of halogens is 1. The van der Waals surface area contributed by atoms with Crippen molar-refractivity contribution in [3.05, 3.63) is 66.9 Å². The highest BCUT2D eigenvalue weighted by Crippen LogP contribution is 2.10. The summed E-state index contributed by atoms with van der Waals surface area (Å²) in [5, 5.41) is 8.97. The third kappa shape index (κ3) is 2.73. The van der Waals surface area contributed by atoms with Gasteiger partial charge in [0.15, 0.2) is 0 Å². The van der Waals surface area contributed by atoms with Crippen LogP contribution in [0.25, 0.3) is 0 Å². The van der Waals surface area contributed by atoms with Gasteiger partial charge in [-0.15, -0.1) is 0 Å². The van der Waals surface area contributed by atoms with Gasteiger partial charge in [-0.3, -0.25) is 13.9 Å². The quantitative estimate of drug-likeness (QED) is 0.858. The predicted octanol–water partition coefficient (Wildman–Crippen LogP) is 1.71. The van der Waals surface area contributed by atoms with E-state index in [2.05, 4.69) is 15.9 Å². The van der Waals surface area contributed by atoms with Crippen molar-refractivity contribution in [1.29, 1.82) is 5.26 Å². The van der Waals surface area contributed by atoms with E-state index in [-0.39, 0.29) is 12.1 Å². The summed E-state index contributed by atoms with van der Waals surface area (Å²) in [6.45, 7) is 2.35. The molecule has 5 nitrogen and oxygen atoms in total. The van der Waals surface area contributed by atoms with E-state index in [1.165, 1.54) is 10.8 Å². The van der Waals surface area contributed by atoms with Gasteiger partial charge < -0.3 is 0 Å². The smallest absolute Gasteiger partial charge is 0.299 e. The van der Waals surface area contributed by atoms with E-state index in [4.69, 9.17) is 5.26 Å².